The van der Waals surface area contributed by atoms with E-state index in [1.54, 1.807) is 0 Å². The molecule has 1 amide bonds. The number of nitrogens with zero attached hydrogens (tertiary/aromatic N) is 3. The van der Waals surface area contributed by atoms with E-state index < -0.39 is 6.09 Å². The van der Waals surface area contributed by atoms with Crippen molar-refractivity contribution in [1.29, 1.82) is 0 Å². The third-order valence-electron chi connectivity index (χ3n) is 2.38. The Morgan fingerprint density at radius 2 is 2.38 bits per heavy atom. The van der Waals surface area contributed by atoms with Gasteiger partial charge in [0, 0.05) is 17.0 Å². The molecule has 3 unspecified atom stereocenters. The van der Waals surface area contributed by atoms with Crippen molar-refractivity contribution in [1.82, 2.24) is 5.32 Å². The zero-order chi connectivity index (χ0) is 9.84. The summed E-state index contributed by atoms with van der Waals surface area (Å²) in [5, 5.41) is 14.5. The van der Waals surface area contributed by atoms with Gasteiger partial charge in [-0.05, 0) is 24.3 Å². The first-order valence-corrected chi connectivity index (χ1v) is 4.17. The third kappa shape index (κ3) is 2.52. The maximum absolute atomic E-state index is 10.4. The molecule has 0 aromatic carbocycles. The number of carbonyl (C=O) groups is 1. The molecule has 0 radical (unpaired) electrons. The SMILES string of the molecule is CC1CC(N=[N+]=[N-])CC1NC(=O)O. The maximum atomic E-state index is 10.4. The first kappa shape index (κ1) is 9.67. The Balaban J connectivity index is 2.50. The van der Waals surface area contributed by atoms with E-state index in [9.17, 15) is 4.79 Å². The minimum atomic E-state index is -1.02. The summed E-state index contributed by atoms with van der Waals surface area (Å²) in [7, 11) is 0. The number of hydrogen-bond acceptors (Lipinski definition) is 2. The van der Waals surface area contributed by atoms with Crippen molar-refractivity contribution in [2.45, 2.75) is 31.8 Å². The van der Waals surface area contributed by atoms with Gasteiger partial charge < -0.3 is 10.4 Å². The van der Waals surface area contributed by atoms with Crippen LogP contribution in [0.2, 0.25) is 0 Å². The van der Waals surface area contributed by atoms with Crippen LogP contribution in [0.3, 0.4) is 0 Å². The molecule has 0 aromatic rings. The molecule has 0 aromatic heterocycles. The molecule has 1 aliphatic carbocycles. The van der Waals surface area contributed by atoms with Crippen LogP contribution in [0.4, 0.5) is 4.79 Å². The van der Waals surface area contributed by atoms with Gasteiger partial charge in [0.2, 0.25) is 0 Å². The highest BCUT2D eigenvalue weighted by Crippen LogP contribution is 2.27. The largest absolute Gasteiger partial charge is 0.465 e. The summed E-state index contributed by atoms with van der Waals surface area (Å²) in [6, 6.07) is -0.134. The lowest BCUT2D eigenvalue weighted by Gasteiger charge is -2.13. The highest BCUT2D eigenvalue weighted by atomic mass is 16.4. The van der Waals surface area contributed by atoms with E-state index in [0.717, 1.165) is 6.42 Å². The fraction of sp³-hybridized carbons (Fsp3) is 0.857. The summed E-state index contributed by atoms with van der Waals surface area (Å²) in [5.41, 5.74) is 8.20. The smallest absolute Gasteiger partial charge is 0.404 e. The quantitative estimate of drug-likeness (QED) is 0.388. The van der Waals surface area contributed by atoms with Crippen LogP contribution in [0.25, 0.3) is 10.4 Å². The standard InChI is InChI=1S/C7H12N4O2/c1-4-2-5(10-11-8)3-6(4)9-7(12)13/h4-6,9H,2-3H2,1H3,(H,12,13). The van der Waals surface area contributed by atoms with Gasteiger partial charge in [-0.2, -0.15) is 0 Å². The topological polar surface area (TPSA) is 98.1 Å². The van der Waals surface area contributed by atoms with Gasteiger partial charge >= 0.3 is 6.09 Å². The molecule has 2 N–H and O–H groups in total. The van der Waals surface area contributed by atoms with E-state index in [0.29, 0.717) is 6.42 Å². The Labute approximate surface area is 75.6 Å². The van der Waals surface area contributed by atoms with Crippen LogP contribution in [-0.4, -0.2) is 23.3 Å². The molecule has 0 heterocycles. The van der Waals surface area contributed by atoms with Crippen molar-refractivity contribution in [2.75, 3.05) is 0 Å². The molecule has 3 atom stereocenters. The van der Waals surface area contributed by atoms with Crippen molar-refractivity contribution >= 4 is 6.09 Å². The van der Waals surface area contributed by atoms with Crippen LogP contribution in [0.1, 0.15) is 19.8 Å². The maximum Gasteiger partial charge on any atom is 0.404 e. The van der Waals surface area contributed by atoms with Gasteiger partial charge in [-0.25, -0.2) is 4.79 Å². The van der Waals surface area contributed by atoms with Crippen molar-refractivity contribution in [2.24, 2.45) is 11.0 Å². The lowest BCUT2D eigenvalue weighted by molar-refractivity contribution is 0.187. The van der Waals surface area contributed by atoms with Crippen molar-refractivity contribution in [3.63, 3.8) is 0 Å². The summed E-state index contributed by atoms with van der Waals surface area (Å²) in [6.45, 7) is 1.95. The van der Waals surface area contributed by atoms with E-state index in [1.165, 1.54) is 0 Å². The molecule has 0 bridgehead atoms. The van der Waals surface area contributed by atoms with Gasteiger partial charge in [0.05, 0.1) is 0 Å². The van der Waals surface area contributed by atoms with E-state index in [1.807, 2.05) is 6.92 Å². The molecule has 1 aliphatic rings. The van der Waals surface area contributed by atoms with Crippen LogP contribution >= 0.6 is 0 Å². The van der Waals surface area contributed by atoms with Gasteiger partial charge in [0.25, 0.3) is 0 Å². The number of amides is 1. The third-order valence-corrected chi connectivity index (χ3v) is 2.38. The van der Waals surface area contributed by atoms with Crippen LogP contribution in [-0.2, 0) is 0 Å². The molecule has 1 fully saturated rings. The lowest BCUT2D eigenvalue weighted by Crippen LogP contribution is -2.35. The molecule has 0 spiro atoms. The van der Waals surface area contributed by atoms with Gasteiger partial charge in [-0.1, -0.05) is 12.0 Å². The van der Waals surface area contributed by atoms with Crippen molar-refractivity contribution < 1.29 is 9.90 Å². The minimum Gasteiger partial charge on any atom is -0.465 e. The van der Waals surface area contributed by atoms with E-state index in [4.69, 9.17) is 10.6 Å². The molecule has 1 saturated carbocycles. The normalized spacial score (nSPS) is 32.2. The Bertz CT molecular complexity index is 249. The number of hydrogen-bond donors (Lipinski definition) is 2. The van der Waals surface area contributed by atoms with Crippen LogP contribution in [0, 0.1) is 5.92 Å². The molecule has 0 aliphatic heterocycles. The van der Waals surface area contributed by atoms with Gasteiger partial charge in [0.15, 0.2) is 0 Å². The van der Waals surface area contributed by atoms with E-state index in [-0.39, 0.29) is 18.0 Å². The predicted molar refractivity (Wildman–Crippen MR) is 46.3 cm³/mol. The second-order valence-corrected chi connectivity index (χ2v) is 3.36. The summed E-state index contributed by atoms with van der Waals surface area (Å²) in [4.78, 5) is 13.1. The summed E-state index contributed by atoms with van der Waals surface area (Å²) >= 11 is 0. The van der Waals surface area contributed by atoms with Crippen molar-refractivity contribution in [3.05, 3.63) is 10.4 Å². The minimum absolute atomic E-state index is 0.0585. The number of nitrogens with one attached hydrogen (secondary N) is 1. The monoisotopic (exact) mass is 184 g/mol. The molecule has 0 saturated heterocycles. The molecule has 13 heavy (non-hydrogen) atoms. The fourth-order valence-corrected chi connectivity index (χ4v) is 1.74. The number of rotatable bonds is 2. The Hall–Kier alpha value is -1.42. The highest BCUT2D eigenvalue weighted by Gasteiger charge is 2.31. The molecular weight excluding hydrogens is 172 g/mol. The highest BCUT2D eigenvalue weighted by molar-refractivity contribution is 5.64. The fourth-order valence-electron chi connectivity index (χ4n) is 1.74. The van der Waals surface area contributed by atoms with E-state index >= 15 is 0 Å². The number of carboxylic acid groups (broad SMARTS) is 1. The molecule has 72 valence electrons. The number of azide groups is 1. The van der Waals surface area contributed by atoms with Gasteiger partial charge in [-0.3, -0.25) is 0 Å². The average molecular weight is 184 g/mol. The second kappa shape index (κ2) is 4.00. The average Bonchev–Trinajstić information content (AvgIpc) is 2.31. The summed E-state index contributed by atoms with van der Waals surface area (Å²) < 4.78 is 0. The lowest BCUT2D eigenvalue weighted by atomic mass is 10.1. The Morgan fingerprint density at radius 3 is 2.92 bits per heavy atom. The van der Waals surface area contributed by atoms with Gasteiger partial charge in [0.1, 0.15) is 0 Å². The molecule has 6 nitrogen and oxygen atoms in total. The van der Waals surface area contributed by atoms with Crippen LogP contribution in [0.5, 0.6) is 0 Å². The zero-order valence-corrected chi connectivity index (χ0v) is 7.34. The predicted octanol–water partition coefficient (Wildman–Crippen LogP) is 1.73. The van der Waals surface area contributed by atoms with E-state index in [2.05, 4.69) is 15.3 Å². The van der Waals surface area contributed by atoms with Crippen LogP contribution < -0.4 is 5.32 Å². The first-order chi connectivity index (χ1) is 6.13. The van der Waals surface area contributed by atoms with Crippen LogP contribution in [0.15, 0.2) is 5.11 Å². The summed E-state index contributed by atoms with van der Waals surface area (Å²) in [6.07, 6.45) is 0.352. The second-order valence-electron chi connectivity index (χ2n) is 3.36. The molecular formula is C7H12N4O2. The molecule has 1 rings (SSSR count). The summed E-state index contributed by atoms with van der Waals surface area (Å²) in [5.74, 6) is 0.242. The Morgan fingerprint density at radius 1 is 1.69 bits per heavy atom. The Kier molecular flexibility index (Phi) is 2.97. The van der Waals surface area contributed by atoms with Crippen molar-refractivity contribution in [3.8, 4) is 0 Å². The van der Waals surface area contributed by atoms with Gasteiger partial charge in [-0.15, -0.1) is 0 Å². The first-order valence-electron chi connectivity index (χ1n) is 4.17. The molecule has 6 heteroatoms. The zero-order valence-electron chi connectivity index (χ0n) is 7.34.